The normalized spacial score (nSPS) is 12.9. The molecule has 2 N–H and O–H groups in total. The Balaban J connectivity index is 3.30. The highest BCUT2D eigenvalue weighted by atomic mass is 19.4. The van der Waals surface area contributed by atoms with Crippen LogP contribution in [0.3, 0.4) is 0 Å². The Bertz CT molecular complexity index is 383. The molecule has 0 amide bonds. The molecule has 1 aromatic carbocycles. The summed E-state index contributed by atoms with van der Waals surface area (Å²) in [4.78, 5) is 0. The second-order valence-corrected chi connectivity index (χ2v) is 4.27. The van der Waals surface area contributed by atoms with Gasteiger partial charge in [-0.15, -0.1) is 0 Å². The maximum atomic E-state index is 12.4. The lowest BCUT2D eigenvalue weighted by atomic mass is 9.84. The molecule has 0 atom stereocenters. The quantitative estimate of drug-likeness (QED) is 0.825. The van der Waals surface area contributed by atoms with E-state index in [0.717, 1.165) is 18.2 Å². The zero-order chi connectivity index (χ0) is 12.6. The molecule has 0 saturated heterocycles. The van der Waals surface area contributed by atoms with Crippen molar-refractivity contribution in [2.24, 2.45) is 0 Å². The van der Waals surface area contributed by atoms with Crippen LogP contribution in [-0.4, -0.2) is 16.8 Å². The predicted octanol–water partition coefficient (Wildman–Crippen LogP) is 2.68. The molecule has 0 spiro atoms. The molecule has 5 heteroatoms. The summed E-state index contributed by atoms with van der Waals surface area (Å²) in [6.07, 6.45) is -4.45. The van der Waals surface area contributed by atoms with Crippen molar-refractivity contribution in [1.82, 2.24) is 0 Å². The number of hydrogen-bond acceptors (Lipinski definition) is 2. The van der Waals surface area contributed by atoms with Crippen molar-refractivity contribution in [3.63, 3.8) is 0 Å². The van der Waals surface area contributed by atoms with Crippen molar-refractivity contribution in [2.45, 2.75) is 25.4 Å². The zero-order valence-corrected chi connectivity index (χ0v) is 8.97. The van der Waals surface area contributed by atoms with Crippen molar-refractivity contribution in [1.29, 1.82) is 0 Å². The van der Waals surface area contributed by atoms with Crippen LogP contribution in [0.5, 0.6) is 5.75 Å². The van der Waals surface area contributed by atoms with Crippen LogP contribution in [0.15, 0.2) is 18.2 Å². The van der Waals surface area contributed by atoms with Crippen LogP contribution in [0.1, 0.15) is 25.0 Å². The fourth-order valence-electron chi connectivity index (χ4n) is 1.34. The van der Waals surface area contributed by atoms with Crippen LogP contribution in [0.25, 0.3) is 0 Å². The van der Waals surface area contributed by atoms with E-state index >= 15 is 0 Å². The number of hydrogen-bond donors (Lipinski definition) is 2. The lowest BCUT2D eigenvalue weighted by Gasteiger charge is -2.24. The summed E-state index contributed by atoms with van der Waals surface area (Å²) in [6, 6.07) is 2.67. The first kappa shape index (κ1) is 12.8. The van der Waals surface area contributed by atoms with Gasteiger partial charge in [0, 0.05) is 11.0 Å². The minimum Gasteiger partial charge on any atom is -0.508 e. The van der Waals surface area contributed by atoms with E-state index in [9.17, 15) is 18.3 Å². The fraction of sp³-hybridized carbons (Fsp3) is 0.455. The number of aromatic hydroxyl groups is 1. The van der Waals surface area contributed by atoms with Crippen molar-refractivity contribution in [2.75, 3.05) is 6.61 Å². The van der Waals surface area contributed by atoms with Gasteiger partial charge in [0.05, 0.1) is 12.2 Å². The van der Waals surface area contributed by atoms with E-state index in [1.807, 2.05) is 0 Å². The summed E-state index contributed by atoms with van der Waals surface area (Å²) in [5.74, 6) is -0.243. The second-order valence-electron chi connectivity index (χ2n) is 4.27. The number of alkyl halides is 3. The molecule has 0 saturated carbocycles. The Hall–Kier alpha value is -1.23. The number of phenols is 1. The Morgan fingerprint density at radius 3 is 2.19 bits per heavy atom. The summed E-state index contributed by atoms with van der Waals surface area (Å²) >= 11 is 0. The van der Waals surface area contributed by atoms with Gasteiger partial charge in [-0.3, -0.25) is 0 Å². The summed E-state index contributed by atoms with van der Waals surface area (Å²) in [7, 11) is 0. The zero-order valence-electron chi connectivity index (χ0n) is 8.97. The van der Waals surface area contributed by atoms with Gasteiger partial charge in [-0.05, 0) is 18.2 Å². The topological polar surface area (TPSA) is 40.5 Å². The van der Waals surface area contributed by atoms with Gasteiger partial charge in [-0.1, -0.05) is 13.8 Å². The van der Waals surface area contributed by atoms with Crippen LogP contribution in [0, 0.1) is 0 Å². The molecule has 0 radical (unpaired) electrons. The maximum Gasteiger partial charge on any atom is 0.416 e. The third-order valence-corrected chi connectivity index (χ3v) is 2.45. The minimum absolute atomic E-state index is 0.0878. The third-order valence-electron chi connectivity index (χ3n) is 2.45. The summed E-state index contributed by atoms with van der Waals surface area (Å²) in [6.45, 7) is 2.77. The van der Waals surface area contributed by atoms with Crippen molar-refractivity contribution in [3.8, 4) is 5.75 Å². The lowest BCUT2D eigenvalue weighted by Crippen LogP contribution is -2.23. The van der Waals surface area contributed by atoms with E-state index in [0.29, 0.717) is 0 Å². The van der Waals surface area contributed by atoms with Crippen molar-refractivity contribution in [3.05, 3.63) is 29.3 Å². The first-order valence-electron chi connectivity index (χ1n) is 4.70. The van der Waals surface area contributed by atoms with Gasteiger partial charge in [0.25, 0.3) is 0 Å². The van der Waals surface area contributed by atoms with E-state index in [4.69, 9.17) is 5.11 Å². The summed E-state index contributed by atoms with van der Waals surface area (Å²) in [5.41, 5.74) is -1.66. The van der Waals surface area contributed by atoms with E-state index in [2.05, 4.69) is 0 Å². The first-order valence-corrected chi connectivity index (χ1v) is 4.70. The van der Waals surface area contributed by atoms with E-state index in [-0.39, 0.29) is 17.9 Å². The van der Waals surface area contributed by atoms with E-state index in [1.165, 1.54) is 0 Å². The number of phenolic OH excluding ortho intramolecular Hbond substituents is 1. The molecule has 90 valence electrons. The minimum atomic E-state index is -4.45. The molecule has 2 nitrogen and oxygen atoms in total. The Labute approximate surface area is 91.3 Å². The number of aliphatic hydroxyl groups is 1. The van der Waals surface area contributed by atoms with Crippen LogP contribution in [0.2, 0.25) is 0 Å². The van der Waals surface area contributed by atoms with Gasteiger partial charge >= 0.3 is 6.18 Å². The molecule has 0 aromatic heterocycles. The van der Waals surface area contributed by atoms with Crippen molar-refractivity contribution >= 4 is 0 Å². The average molecular weight is 234 g/mol. The second kappa shape index (κ2) is 3.97. The summed E-state index contributed by atoms with van der Waals surface area (Å²) in [5, 5.41) is 18.6. The molecule has 1 rings (SSSR count). The highest BCUT2D eigenvalue weighted by Crippen LogP contribution is 2.36. The SMILES string of the molecule is CC(C)(CO)c1cc(C(F)(F)F)ccc1O. The van der Waals surface area contributed by atoms with E-state index < -0.39 is 17.2 Å². The third kappa shape index (κ3) is 2.47. The summed E-state index contributed by atoms with van der Waals surface area (Å²) < 4.78 is 37.3. The highest BCUT2D eigenvalue weighted by Gasteiger charge is 2.33. The number of rotatable bonds is 2. The fourth-order valence-corrected chi connectivity index (χ4v) is 1.34. The maximum absolute atomic E-state index is 12.4. The predicted molar refractivity (Wildman–Crippen MR) is 53.2 cm³/mol. The number of benzene rings is 1. The van der Waals surface area contributed by atoms with Crippen LogP contribution in [0.4, 0.5) is 13.2 Å². The molecular formula is C11H13F3O2. The molecule has 0 heterocycles. The lowest BCUT2D eigenvalue weighted by molar-refractivity contribution is -0.137. The van der Waals surface area contributed by atoms with Gasteiger partial charge in [-0.25, -0.2) is 0 Å². The molecule has 0 aliphatic carbocycles. The Morgan fingerprint density at radius 1 is 1.19 bits per heavy atom. The smallest absolute Gasteiger partial charge is 0.416 e. The van der Waals surface area contributed by atoms with Gasteiger partial charge in [0.15, 0.2) is 0 Å². The van der Waals surface area contributed by atoms with Gasteiger partial charge in [0.1, 0.15) is 5.75 Å². The molecule has 0 aliphatic rings. The Morgan fingerprint density at radius 2 is 1.75 bits per heavy atom. The molecule has 16 heavy (non-hydrogen) atoms. The number of aliphatic hydroxyl groups excluding tert-OH is 1. The van der Waals surface area contributed by atoms with Crippen LogP contribution >= 0.6 is 0 Å². The average Bonchev–Trinajstić information content (AvgIpc) is 2.16. The molecule has 0 unspecified atom stereocenters. The number of halogens is 3. The Kier molecular flexibility index (Phi) is 3.19. The molecule has 0 aliphatic heterocycles. The van der Waals surface area contributed by atoms with Gasteiger partial charge in [-0.2, -0.15) is 13.2 Å². The largest absolute Gasteiger partial charge is 0.508 e. The first-order chi connectivity index (χ1) is 7.18. The molecule has 0 fully saturated rings. The molecule has 1 aromatic rings. The van der Waals surface area contributed by atoms with Crippen LogP contribution < -0.4 is 0 Å². The highest BCUT2D eigenvalue weighted by molar-refractivity contribution is 5.41. The van der Waals surface area contributed by atoms with E-state index in [1.54, 1.807) is 13.8 Å². The molecule has 0 bridgehead atoms. The standard InChI is InChI=1S/C11H13F3O2/c1-10(2,6-15)8-5-7(11(12,13)14)3-4-9(8)16/h3-5,15-16H,6H2,1-2H3. The van der Waals surface area contributed by atoms with Crippen LogP contribution in [-0.2, 0) is 11.6 Å². The van der Waals surface area contributed by atoms with Gasteiger partial charge in [0.2, 0.25) is 0 Å². The van der Waals surface area contributed by atoms with Gasteiger partial charge < -0.3 is 10.2 Å². The molecular weight excluding hydrogens is 221 g/mol. The monoisotopic (exact) mass is 234 g/mol. The van der Waals surface area contributed by atoms with Crippen molar-refractivity contribution < 1.29 is 23.4 Å².